The van der Waals surface area contributed by atoms with Gasteiger partial charge in [0.05, 0.1) is 25.8 Å². The highest BCUT2D eigenvalue weighted by Crippen LogP contribution is 2.38. The largest absolute Gasteiger partial charge is 0.493 e. The molecule has 3 aromatic rings. The number of hydrogen-bond donors (Lipinski definition) is 1. The molecule has 0 fully saturated rings. The quantitative estimate of drug-likeness (QED) is 0.402. The molecule has 190 valence electrons. The van der Waals surface area contributed by atoms with Crippen LogP contribution >= 0.6 is 0 Å². The lowest BCUT2D eigenvalue weighted by molar-refractivity contribution is 0.136. The van der Waals surface area contributed by atoms with Gasteiger partial charge < -0.3 is 24.1 Å². The number of aromatic nitrogens is 2. The minimum atomic E-state index is -0.597. The Kier molecular flexibility index (Phi) is 7.84. The highest BCUT2D eigenvalue weighted by atomic mass is 19.1. The molecule has 1 aliphatic rings. The minimum Gasteiger partial charge on any atom is -0.493 e. The molecule has 1 aromatic heterocycles. The summed E-state index contributed by atoms with van der Waals surface area (Å²) in [6.07, 6.45) is 0.661. The Hall–Kier alpha value is -3.92. The molecule has 2 heterocycles. The monoisotopic (exact) mass is 496 g/mol. The summed E-state index contributed by atoms with van der Waals surface area (Å²) in [6, 6.07) is 10.4. The van der Waals surface area contributed by atoms with Crippen LogP contribution in [0.15, 0.2) is 52.7 Å². The number of urea groups is 1. The predicted octanol–water partition coefficient (Wildman–Crippen LogP) is 4.82. The number of carbonyl (C=O) groups is 1. The third-order valence-corrected chi connectivity index (χ3v) is 5.97. The zero-order valence-corrected chi connectivity index (χ0v) is 20.7. The molecule has 0 saturated carbocycles. The summed E-state index contributed by atoms with van der Waals surface area (Å²) in [7, 11) is 3.11. The van der Waals surface area contributed by atoms with Crippen LogP contribution in [0.5, 0.6) is 11.5 Å². The Labute approximate surface area is 208 Å². The Morgan fingerprint density at radius 2 is 1.86 bits per heavy atom. The summed E-state index contributed by atoms with van der Waals surface area (Å²) in [5, 5.41) is 7.18. The molecule has 1 unspecified atom stereocenters. The average Bonchev–Trinajstić information content (AvgIpc) is 3.37. The number of methoxy groups -OCH3 is 2. The molecule has 1 N–H and O–H groups in total. The number of rotatable bonds is 10. The van der Waals surface area contributed by atoms with Gasteiger partial charge in [-0.3, -0.25) is 4.90 Å². The van der Waals surface area contributed by atoms with Crippen LogP contribution in [0.2, 0.25) is 0 Å². The van der Waals surface area contributed by atoms with E-state index in [9.17, 15) is 9.18 Å². The molecule has 0 bridgehead atoms. The SMILES string of the molecule is CCOCCCN1C(=O)NC(c2ccc(F)cc2)C(c2nc(-c3ccc(OC)c(OC)c3)no2)=C1C. The molecule has 1 aliphatic heterocycles. The van der Waals surface area contributed by atoms with Crippen LogP contribution in [0, 0.1) is 5.82 Å². The molecule has 9 nitrogen and oxygen atoms in total. The van der Waals surface area contributed by atoms with Crippen LogP contribution in [-0.4, -0.2) is 55.0 Å². The summed E-state index contributed by atoms with van der Waals surface area (Å²) in [5.74, 6) is 1.35. The topological polar surface area (TPSA) is 99.0 Å². The van der Waals surface area contributed by atoms with Crippen LogP contribution in [0.25, 0.3) is 17.0 Å². The lowest BCUT2D eigenvalue weighted by Gasteiger charge is -2.35. The number of halogens is 1. The van der Waals surface area contributed by atoms with E-state index in [-0.39, 0.29) is 17.7 Å². The van der Waals surface area contributed by atoms with E-state index in [2.05, 4.69) is 15.5 Å². The molecule has 10 heteroatoms. The normalized spacial score (nSPS) is 15.8. The maximum Gasteiger partial charge on any atom is 0.322 e. The standard InChI is InChI=1S/C26H29FN4O5/c1-5-35-14-6-13-31-16(2)22(23(28-26(31)32)17-7-10-19(27)11-8-17)25-29-24(30-36-25)18-9-12-20(33-3)21(15-18)34-4/h7-12,15,23H,5-6,13-14H2,1-4H3,(H,28,32). The molecule has 0 spiro atoms. The van der Waals surface area contributed by atoms with E-state index in [1.807, 2.05) is 13.8 Å². The molecular weight excluding hydrogens is 467 g/mol. The number of nitrogens with zero attached hydrogens (tertiary/aromatic N) is 3. The van der Waals surface area contributed by atoms with Gasteiger partial charge in [0, 0.05) is 31.0 Å². The summed E-state index contributed by atoms with van der Waals surface area (Å²) < 4.78 is 35.4. The Bertz CT molecular complexity index is 1240. The summed E-state index contributed by atoms with van der Waals surface area (Å²) >= 11 is 0. The number of ether oxygens (including phenoxy) is 3. The first-order valence-electron chi connectivity index (χ1n) is 11.6. The van der Waals surface area contributed by atoms with Gasteiger partial charge in [-0.25, -0.2) is 9.18 Å². The zero-order valence-electron chi connectivity index (χ0n) is 20.7. The second kappa shape index (κ2) is 11.2. The fourth-order valence-electron chi connectivity index (χ4n) is 4.13. The van der Waals surface area contributed by atoms with Gasteiger partial charge >= 0.3 is 6.03 Å². The first kappa shape index (κ1) is 25.2. The number of amides is 2. The third-order valence-electron chi connectivity index (χ3n) is 5.97. The maximum atomic E-state index is 13.6. The third kappa shape index (κ3) is 5.18. The van der Waals surface area contributed by atoms with Crippen molar-refractivity contribution in [2.45, 2.75) is 26.3 Å². The Morgan fingerprint density at radius 3 is 2.56 bits per heavy atom. The van der Waals surface area contributed by atoms with Gasteiger partial charge in [-0.15, -0.1) is 0 Å². The van der Waals surface area contributed by atoms with Crippen molar-refractivity contribution in [3.8, 4) is 22.9 Å². The van der Waals surface area contributed by atoms with Crippen LogP contribution in [0.4, 0.5) is 9.18 Å². The highest BCUT2D eigenvalue weighted by Gasteiger charge is 2.35. The number of allylic oxidation sites excluding steroid dienone is 1. The summed E-state index contributed by atoms with van der Waals surface area (Å²) in [5.41, 5.74) is 2.68. The summed E-state index contributed by atoms with van der Waals surface area (Å²) in [6.45, 7) is 5.36. The molecule has 2 amide bonds. The number of hydrogen-bond acceptors (Lipinski definition) is 7. The number of nitrogens with one attached hydrogen (secondary N) is 1. The molecule has 0 radical (unpaired) electrons. The van der Waals surface area contributed by atoms with Gasteiger partial charge in [-0.1, -0.05) is 17.3 Å². The van der Waals surface area contributed by atoms with E-state index in [0.717, 1.165) is 0 Å². The van der Waals surface area contributed by atoms with Gasteiger partial charge in [0.1, 0.15) is 5.82 Å². The van der Waals surface area contributed by atoms with Gasteiger partial charge in [0.15, 0.2) is 11.5 Å². The lowest BCUT2D eigenvalue weighted by atomic mass is 9.94. The number of benzene rings is 2. The molecule has 36 heavy (non-hydrogen) atoms. The van der Waals surface area contributed by atoms with Crippen LogP contribution in [0.3, 0.4) is 0 Å². The second-order valence-corrected chi connectivity index (χ2v) is 8.13. The lowest BCUT2D eigenvalue weighted by Crippen LogP contribution is -2.46. The molecule has 2 aromatic carbocycles. The van der Waals surface area contributed by atoms with Crippen molar-refractivity contribution in [1.82, 2.24) is 20.4 Å². The molecular formula is C26H29FN4O5. The maximum absolute atomic E-state index is 13.6. The Morgan fingerprint density at radius 1 is 1.11 bits per heavy atom. The van der Waals surface area contributed by atoms with E-state index >= 15 is 0 Å². The van der Waals surface area contributed by atoms with Crippen molar-refractivity contribution in [2.75, 3.05) is 34.0 Å². The van der Waals surface area contributed by atoms with Gasteiger partial charge in [-0.2, -0.15) is 4.98 Å². The van der Waals surface area contributed by atoms with Crippen molar-refractivity contribution < 1.29 is 27.9 Å². The first-order valence-corrected chi connectivity index (χ1v) is 11.6. The molecule has 0 saturated heterocycles. The minimum absolute atomic E-state index is 0.251. The second-order valence-electron chi connectivity index (χ2n) is 8.13. The van der Waals surface area contributed by atoms with Crippen LogP contribution < -0.4 is 14.8 Å². The van der Waals surface area contributed by atoms with Crippen molar-refractivity contribution >= 4 is 11.6 Å². The van der Waals surface area contributed by atoms with Crippen molar-refractivity contribution in [2.24, 2.45) is 0 Å². The van der Waals surface area contributed by atoms with E-state index in [4.69, 9.17) is 18.7 Å². The van der Waals surface area contributed by atoms with Crippen molar-refractivity contribution in [3.05, 3.63) is 65.4 Å². The molecule has 0 aliphatic carbocycles. The van der Waals surface area contributed by atoms with Crippen molar-refractivity contribution in [3.63, 3.8) is 0 Å². The Balaban J connectivity index is 1.74. The van der Waals surface area contributed by atoms with E-state index in [0.29, 0.717) is 65.9 Å². The smallest absolute Gasteiger partial charge is 0.322 e. The fraction of sp³-hybridized carbons (Fsp3) is 0.346. The first-order chi connectivity index (χ1) is 17.5. The number of carbonyl (C=O) groups excluding carboxylic acids is 1. The van der Waals surface area contributed by atoms with Crippen molar-refractivity contribution in [1.29, 1.82) is 0 Å². The van der Waals surface area contributed by atoms with Gasteiger partial charge in [-0.05, 0) is 56.2 Å². The average molecular weight is 497 g/mol. The zero-order chi connectivity index (χ0) is 25.7. The molecule has 4 rings (SSSR count). The predicted molar refractivity (Wildman–Crippen MR) is 131 cm³/mol. The fourth-order valence-corrected chi connectivity index (χ4v) is 4.13. The van der Waals surface area contributed by atoms with E-state index in [1.54, 1.807) is 49.5 Å². The highest BCUT2D eigenvalue weighted by molar-refractivity contribution is 5.86. The van der Waals surface area contributed by atoms with Gasteiger partial charge in [0.25, 0.3) is 5.89 Å². The van der Waals surface area contributed by atoms with E-state index < -0.39 is 6.04 Å². The van der Waals surface area contributed by atoms with E-state index in [1.165, 1.54) is 12.1 Å². The molecule has 1 atom stereocenters. The van der Waals surface area contributed by atoms with Crippen LogP contribution in [-0.2, 0) is 4.74 Å². The summed E-state index contributed by atoms with van der Waals surface area (Å²) in [4.78, 5) is 19.3. The van der Waals surface area contributed by atoms with Crippen LogP contribution in [0.1, 0.15) is 37.8 Å². The van der Waals surface area contributed by atoms with Gasteiger partial charge in [0.2, 0.25) is 5.82 Å².